The predicted molar refractivity (Wildman–Crippen MR) is 94.6 cm³/mol. The van der Waals surface area contributed by atoms with Gasteiger partial charge in [0.25, 0.3) is 0 Å². The number of carboxylic acids is 1. The number of carbonyl (C=O) groups excluding carboxylic acids is 1. The van der Waals surface area contributed by atoms with Crippen molar-refractivity contribution in [1.82, 2.24) is 24.2 Å². The number of hydrogen-bond acceptors (Lipinski definition) is 4. The third-order valence-corrected chi connectivity index (χ3v) is 4.75. The van der Waals surface area contributed by atoms with Gasteiger partial charge in [-0.25, -0.2) is 9.78 Å². The smallest absolute Gasteiger partial charge is 0.356 e. The molecule has 0 spiro atoms. The summed E-state index contributed by atoms with van der Waals surface area (Å²) in [4.78, 5) is 29.8. The number of fused-ring (bicyclic) bond motifs is 1. The Balaban J connectivity index is 1.72. The zero-order valence-corrected chi connectivity index (χ0v) is 15.3. The molecule has 3 heterocycles. The Kier molecular flexibility index (Phi) is 5.39. The summed E-state index contributed by atoms with van der Waals surface area (Å²) in [5.74, 6) is -0.485. The summed E-state index contributed by atoms with van der Waals surface area (Å²) in [6, 6.07) is 0. The Morgan fingerprint density at radius 2 is 2.12 bits per heavy atom. The summed E-state index contributed by atoms with van der Waals surface area (Å²) < 4.78 is 3.69. The third-order valence-electron chi connectivity index (χ3n) is 4.75. The van der Waals surface area contributed by atoms with Crippen LogP contribution in [-0.2, 0) is 30.8 Å². The van der Waals surface area contributed by atoms with E-state index in [1.807, 2.05) is 15.4 Å². The van der Waals surface area contributed by atoms with E-state index in [1.165, 1.54) is 0 Å². The molecule has 1 aliphatic rings. The second-order valence-electron chi connectivity index (χ2n) is 7.10. The second kappa shape index (κ2) is 7.72. The SMILES string of the molecule is CC(C)CCn1nc(C(=O)O)c2c1CCN(C(=O)CCn1ccnc1)C2. The van der Waals surface area contributed by atoms with Crippen LogP contribution in [-0.4, -0.2) is 47.8 Å². The standard InChI is InChI=1S/C18H25N5O3/c1-13(2)3-9-23-15-4-8-22(11-14(15)17(20-23)18(25)26)16(24)5-7-21-10-6-19-12-21/h6,10,12-13H,3-5,7-9,11H2,1-2H3,(H,25,26). The maximum absolute atomic E-state index is 12.5. The zero-order chi connectivity index (χ0) is 18.7. The summed E-state index contributed by atoms with van der Waals surface area (Å²) >= 11 is 0. The molecule has 8 nitrogen and oxygen atoms in total. The van der Waals surface area contributed by atoms with Gasteiger partial charge in [0.2, 0.25) is 5.91 Å². The number of aromatic nitrogens is 4. The van der Waals surface area contributed by atoms with Gasteiger partial charge in [-0.15, -0.1) is 0 Å². The van der Waals surface area contributed by atoms with Gasteiger partial charge in [-0.2, -0.15) is 5.10 Å². The maximum Gasteiger partial charge on any atom is 0.356 e. The molecule has 0 atom stereocenters. The van der Waals surface area contributed by atoms with Crippen LogP contribution >= 0.6 is 0 Å². The first-order valence-corrected chi connectivity index (χ1v) is 9.01. The monoisotopic (exact) mass is 359 g/mol. The van der Waals surface area contributed by atoms with Crippen LogP contribution in [0.25, 0.3) is 0 Å². The number of carboxylic acid groups (broad SMARTS) is 1. The molecule has 0 unspecified atom stereocenters. The van der Waals surface area contributed by atoms with E-state index in [-0.39, 0.29) is 11.6 Å². The number of rotatable bonds is 7. The fraction of sp³-hybridized carbons (Fsp3) is 0.556. The largest absolute Gasteiger partial charge is 0.476 e. The highest BCUT2D eigenvalue weighted by molar-refractivity contribution is 5.88. The first-order chi connectivity index (χ1) is 12.5. The van der Waals surface area contributed by atoms with Crippen LogP contribution in [0.4, 0.5) is 0 Å². The van der Waals surface area contributed by atoms with Crippen LogP contribution in [0.3, 0.4) is 0 Å². The molecule has 8 heteroatoms. The minimum atomic E-state index is -1.03. The number of nitrogens with zero attached hydrogens (tertiary/aromatic N) is 5. The van der Waals surface area contributed by atoms with E-state index in [1.54, 1.807) is 17.4 Å². The van der Waals surface area contributed by atoms with Crippen molar-refractivity contribution in [3.8, 4) is 0 Å². The molecule has 2 aromatic heterocycles. The first-order valence-electron chi connectivity index (χ1n) is 9.01. The van der Waals surface area contributed by atoms with Gasteiger partial charge < -0.3 is 14.6 Å². The molecule has 0 aliphatic carbocycles. The lowest BCUT2D eigenvalue weighted by atomic mass is 10.0. The Bertz CT molecular complexity index is 779. The van der Waals surface area contributed by atoms with Gasteiger partial charge in [0, 0.05) is 62.7 Å². The molecule has 1 N–H and O–H groups in total. The summed E-state index contributed by atoms with van der Waals surface area (Å²) in [7, 11) is 0. The molecule has 1 aliphatic heterocycles. The van der Waals surface area contributed by atoms with E-state index in [4.69, 9.17) is 0 Å². The lowest BCUT2D eigenvalue weighted by Crippen LogP contribution is -2.37. The number of carbonyl (C=O) groups is 2. The van der Waals surface area contributed by atoms with Crippen LogP contribution in [0.5, 0.6) is 0 Å². The Hall–Kier alpha value is -2.64. The van der Waals surface area contributed by atoms with E-state index in [2.05, 4.69) is 23.9 Å². The molecule has 0 fully saturated rings. The summed E-state index contributed by atoms with van der Waals surface area (Å²) in [6.07, 6.45) is 7.15. The van der Waals surface area contributed by atoms with E-state index < -0.39 is 5.97 Å². The van der Waals surface area contributed by atoms with Crippen LogP contribution in [0, 0.1) is 5.92 Å². The van der Waals surface area contributed by atoms with Gasteiger partial charge in [0.15, 0.2) is 5.69 Å². The van der Waals surface area contributed by atoms with Gasteiger partial charge in [0.1, 0.15) is 0 Å². The van der Waals surface area contributed by atoms with Crippen molar-refractivity contribution in [1.29, 1.82) is 0 Å². The molecule has 0 saturated carbocycles. The Morgan fingerprint density at radius 1 is 1.31 bits per heavy atom. The Labute approximate surface area is 152 Å². The zero-order valence-electron chi connectivity index (χ0n) is 15.3. The van der Waals surface area contributed by atoms with Crippen molar-refractivity contribution < 1.29 is 14.7 Å². The minimum absolute atomic E-state index is 0.0237. The first kappa shape index (κ1) is 18.2. The van der Waals surface area contributed by atoms with Gasteiger partial charge in [0.05, 0.1) is 6.33 Å². The molecular weight excluding hydrogens is 334 g/mol. The van der Waals surface area contributed by atoms with Crippen molar-refractivity contribution in [2.75, 3.05) is 6.54 Å². The van der Waals surface area contributed by atoms with Gasteiger partial charge >= 0.3 is 5.97 Å². The van der Waals surface area contributed by atoms with Gasteiger partial charge in [-0.1, -0.05) is 13.8 Å². The molecule has 0 radical (unpaired) electrons. The summed E-state index contributed by atoms with van der Waals surface area (Å²) in [6.45, 7) is 6.47. The number of hydrogen-bond donors (Lipinski definition) is 1. The van der Waals surface area contributed by atoms with Crippen LogP contribution in [0.15, 0.2) is 18.7 Å². The topological polar surface area (TPSA) is 93.3 Å². The Morgan fingerprint density at radius 3 is 2.77 bits per heavy atom. The molecular formula is C18H25N5O3. The number of imidazole rings is 1. The highest BCUT2D eigenvalue weighted by Gasteiger charge is 2.29. The molecule has 1 amide bonds. The summed E-state index contributed by atoms with van der Waals surface area (Å²) in [5, 5.41) is 13.8. The summed E-state index contributed by atoms with van der Waals surface area (Å²) in [5.41, 5.74) is 1.72. The normalized spacial score (nSPS) is 13.9. The predicted octanol–water partition coefficient (Wildman–Crippen LogP) is 1.80. The van der Waals surface area contributed by atoms with E-state index >= 15 is 0 Å². The highest BCUT2D eigenvalue weighted by atomic mass is 16.4. The average Bonchev–Trinajstić information content (AvgIpc) is 3.25. The van der Waals surface area contributed by atoms with Crippen LogP contribution < -0.4 is 0 Å². The van der Waals surface area contributed by atoms with Crippen molar-refractivity contribution >= 4 is 11.9 Å². The van der Waals surface area contributed by atoms with Gasteiger partial charge in [-0.05, 0) is 12.3 Å². The molecule has 0 aromatic carbocycles. The quantitative estimate of drug-likeness (QED) is 0.814. The second-order valence-corrected chi connectivity index (χ2v) is 7.10. The maximum atomic E-state index is 12.5. The molecule has 0 bridgehead atoms. The van der Waals surface area contributed by atoms with E-state index in [9.17, 15) is 14.7 Å². The number of aromatic carboxylic acids is 1. The van der Waals surface area contributed by atoms with Crippen LogP contribution in [0.2, 0.25) is 0 Å². The lowest BCUT2D eigenvalue weighted by molar-refractivity contribution is -0.132. The van der Waals surface area contributed by atoms with Gasteiger partial charge in [-0.3, -0.25) is 9.48 Å². The highest BCUT2D eigenvalue weighted by Crippen LogP contribution is 2.24. The molecule has 0 saturated heterocycles. The van der Waals surface area contributed by atoms with E-state index in [0.29, 0.717) is 50.5 Å². The van der Waals surface area contributed by atoms with Crippen molar-refractivity contribution in [2.45, 2.75) is 52.7 Å². The average molecular weight is 359 g/mol. The van der Waals surface area contributed by atoms with Crippen molar-refractivity contribution in [2.24, 2.45) is 5.92 Å². The van der Waals surface area contributed by atoms with Crippen molar-refractivity contribution in [3.05, 3.63) is 35.7 Å². The molecule has 3 rings (SSSR count). The molecule has 2 aromatic rings. The van der Waals surface area contributed by atoms with Crippen LogP contribution in [0.1, 0.15) is 48.4 Å². The lowest BCUT2D eigenvalue weighted by Gasteiger charge is -2.28. The third kappa shape index (κ3) is 3.95. The fourth-order valence-electron chi connectivity index (χ4n) is 3.24. The minimum Gasteiger partial charge on any atom is -0.476 e. The molecule has 26 heavy (non-hydrogen) atoms. The van der Waals surface area contributed by atoms with Crippen molar-refractivity contribution in [3.63, 3.8) is 0 Å². The fourth-order valence-corrected chi connectivity index (χ4v) is 3.24. The number of amides is 1. The van der Waals surface area contributed by atoms with E-state index in [0.717, 1.165) is 12.1 Å². The molecule has 140 valence electrons. The number of aryl methyl sites for hydroxylation is 2.